The monoisotopic (exact) mass is 436 g/mol. The van der Waals surface area contributed by atoms with Crippen molar-refractivity contribution in [1.29, 1.82) is 0 Å². The number of ether oxygens (including phenoxy) is 1. The fraction of sp³-hybridized carbons (Fsp3) is 0.381. The van der Waals surface area contributed by atoms with E-state index in [1.54, 1.807) is 42.5 Å². The first kappa shape index (κ1) is 21.6. The molecule has 1 aliphatic heterocycles. The Morgan fingerprint density at radius 1 is 1.07 bits per heavy atom. The molecular weight excluding hydrogens is 412 g/mol. The summed E-state index contributed by atoms with van der Waals surface area (Å²) in [6.45, 7) is 1.21. The molecule has 6 nitrogen and oxygen atoms in total. The van der Waals surface area contributed by atoms with Crippen molar-refractivity contribution < 1.29 is 17.9 Å². The normalized spacial score (nSPS) is 15.8. The van der Waals surface area contributed by atoms with Gasteiger partial charge in [-0.3, -0.25) is 4.79 Å². The third-order valence-electron chi connectivity index (χ3n) is 4.84. The van der Waals surface area contributed by atoms with Gasteiger partial charge in [-0.05, 0) is 43.5 Å². The number of amides is 1. The summed E-state index contributed by atoms with van der Waals surface area (Å²) in [6.07, 6.45) is 2.15. The van der Waals surface area contributed by atoms with E-state index in [9.17, 15) is 13.2 Å². The zero-order chi connectivity index (χ0) is 20.7. The molecule has 0 unspecified atom stereocenters. The molecule has 1 N–H and O–H groups in total. The summed E-state index contributed by atoms with van der Waals surface area (Å²) in [4.78, 5) is 12.5. The lowest BCUT2D eigenvalue weighted by Gasteiger charge is -2.31. The molecule has 8 heteroatoms. The predicted octanol–water partition coefficient (Wildman–Crippen LogP) is 3.47. The first-order chi connectivity index (χ1) is 14.0. The third-order valence-corrected chi connectivity index (χ3v) is 7.07. The van der Waals surface area contributed by atoms with Gasteiger partial charge >= 0.3 is 0 Å². The van der Waals surface area contributed by atoms with Gasteiger partial charge in [0.15, 0.2) is 0 Å². The van der Waals surface area contributed by atoms with E-state index in [1.165, 1.54) is 4.31 Å². The average Bonchev–Trinajstić information content (AvgIpc) is 2.73. The minimum atomic E-state index is -3.47. The van der Waals surface area contributed by atoms with Gasteiger partial charge in [-0.2, -0.15) is 4.31 Å². The molecule has 1 saturated heterocycles. The number of carbonyl (C=O) groups is 1. The van der Waals surface area contributed by atoms with Crippen LogP contribution in [0.25, 0.3) is 0 Å². The quantitative estimate of drug-likeness (QED) is 0.643. The van der Waals surface area contributed by atoms with Crippen molar-refractivity contribution in [3.8, 4) is 5.75 Å². The number of sulfonamides is 1. The second-order valence-corrected chi connectivity index (χ2v) is 9.29. The van der Waals surface area contributed by atoms with Crippen molar-refractivity contribution >= 4 is 27.5 Å². The van der Waals surface area contributed by atoms with Crippen molar-refractivity contribution in [3.05, 3.63) is 59.6 Å². The van der Waals surface area contributed by atoms with Gasteiger partial charge < -0.3 is 10.1 Å². The Balaban J connectivity index is 1.38. The topological polar surface area (TPSA) is 75.7 Å². The van der Waals surface area contributed by atoms with Gasteiger partial charge in [0, 0.05) is 25.6 Å². The van der Waals surface area contributed by atoms with Crippen LogP contribution in [0, 0.1) is 0 Å². The maximum absolute atomic E-state index is 12.6. The lowest BCUT2D eigenvalue weighted by atomic mass is 10.1. The van der Waals surface area contributed by atoms with E-state index >= 15 is 0 Å². The maximum Gasteiger partial charge on any atom is 0.243 e. The van der Waals surface area contributed by atoms with Gasteiger partial charge in [-0.15, -0.1) is 0 Å². The van der Waals surface area contributed by atoms with Crippen molar-refractivity contribution in [3.63, 3.8) is 0 Å². The van der Waals surface area contributed by atoms with Crippen LogP contribution in [0.1, 0.15) is 25.7 Å². The third kappa shape index (κ3) is 5.95. The number of piperidine rings is 1. The van der Waals surface area contributed by atoms with Gasteiger partial charge in [-0.1, -0.05) is 41.9 Å². The second-order valence-electron chi connectivity index (χ2n) is 6.94. The molecule has 2 aromatic carbocycles. The van der Waals surface area contributed by atoms with E-state index in [0.29, 0.717) is 61.0 Å². The highest BCUT2D eigenvalue weighted by Crippen LogP contribution is 2.23. The predicted molar refractivity (Wildman–Crippen MR) is 113 cm³/mol. The van der Waals surface area contributed by atoms with Gasteiger partial charge in [-0.25, -0.2) is 8.42 Å². The number of hydrogen-bond donors (Lipinski definition) is 1. The van der Waals surface area contributed by atoms with Crippen LogP contribution in [0.4, 0.5) is 0 Å². The van der Waals surface area contributed by atoms with Crippen molar-refractivity contribution in [2.75, 3.05) is 19.7 Å². The van der Waals surface area contributed by atoms with Crippen LogP contribution < -0.4 is 10.1 Å². The summed E-state index contributed by atoms with van der Waals surface area (Å²) in [5, 5.41) is 3.55. The molecular formula is C21H25ClN2O4S. The number of nitrogens with one attached hydrogen (secondary N) is 1. The molecule has 1 heterocycles. The van der Waals surface area contributed by atoms with Crippen LogP contribution in [-0.4, -0.2) is 44.4 Å². The van der Waals surface area contributed by atoms with Gasteiger partial charge in [0.1, 0.15) is 5.75 Å². The fourth-order valence-corrected chi connectivity index (χ4v) is 4.94. The smallest absolute Gasteiger partial charge is 0.243 e. The van der Waals surface area contributed by atoms with Crippen LogP contribution in [-0.2, 0) is 14.8 Å². The van der Waals surface area contributed by atoms with E-state index in [-0.39, 0.29) is 11.9 Å². The van der Waals surface area contributed by atoms with Crippen LogP contribution in [0.15, 0.2) is 59.5 Å². The Bertz CT molecular complexity index is 913. The molecule has 1 amide bonds. The molecule has 3 rings (SSSR count). The SMILES string of the molecule is O=C(CCCOc1ccccc1Cl)NC1CCN(S(=O)(=O)c2ccccc2)CC1. The molecule has 1 aliphatic rings. The summed E-state index contributed by atoms with van der Waals surface area (Å²) in [7, 11) is -3.47. The molecule has 0 aliphatic carbocycles. The molecule has 0 radical (unpaired) electrons. The van der Waals surface area contributed by atoms with Crippen LogP contribution in [0.3, 0.4) is 0 Å². The lowest BCUT2D eigenvalue weighted by Crippen LogP contribution is -2.46. The Hall–Kier alpha value is -2.09. The number of para-hydroxylation sites is 1. The number of rotatable bonds is 8. The first-order valence-corrected chi connectivity index (χ1v) is 11.5. The van der Waals surface area contributed by atoms with Crippen molar-refractivity contribution in [2.24, 2.45) is 0 Å². The highest BCUT2D eigenvalue weighted by Gasteiger charge is 2.29. The number of halogens is 1. The summed E-state index contributed by atoms with van der Waals surface area (Å²) >= 11 is 6.03. The Morgan fingerprint density at radius 2 is 1.72 bits per heavy atom. The largest absolute Gasteiger partial charge is 0.492 e. The number of nitrogens with zero attached hydrogens (tertiary/aromatic N) is 1. The number of benzene rings is 2. The van der Waals surface area contributed by atoms with Crippen LogP contribution in [0.5, 0.6) is 5.75 Å². The van der Waals surface area contributed by atoms with E-state index in [0.717, 1.165) is 0 Å². The Labute approximate surface area is 176 Å². The van der Waals surface area contributed by atoms with Gasteiger partial charge in [0.2, 0.25) is 15.9 Å². The Kier molecular flexibility index (Phi) is 7.52. The van der Waals surface area contributed by atoms with Crippen molar-refractivity contribution in [2.45, 2.75) is 36.6 Å². The zero-order valence-electron chi connectivity index (χ0n) is 16.1. The molecule has 0 spiro atoms. The average molecular weight is 437 g/mol. The summed E-state index contributed by atoms with van der Waals surface area (Å²) in [5.41, 5.74) is 0. The van der Waals surface area contributed by atoms with Crippen LogP contribution in [0.2, 0.25) is 5.02 Å². The van der Waals surface area contributed by atoms with E-state index in [2.05, 4.69) is 5.32 Å². The van der Waals surface area contributed by atoms with E-state index in [4.69, 9.17) is 16.3 Å². The lowest BCUT2D eigenvalue weighted by molar-refractivity contribution is -0.122. The first-order valence-electron chi connectivity index (χ1n) is 9.69. The highest BCUT2D eigenvalue weighted by atomic mass is 35.5. The molecule has 156 valence electrons. The van der Waals surface area contributed by atoms with Crippen LogP contribution >= 0.6 is 11.6 Å². The summed E-state index contributed by atoms with van der Waals surface area (Å²) in [5.74, 6) is 0.568. The molecule has 0 aromatic heterocycles. The standard InChI is InChI=1S/C21H25ClN2O4S/c22-19-9-4-5-10-20(19)28-16-6-11-21(25)23-17-12-14-24(15-13-17)29(26,27)18-7-2-1-3-8-18/h1-5,7-10,17H,6,11-16H2,(H,23,25). The second kappa shape index (κ2) is 10.1. The van der Waals surface area contributed by atoms with E-state index < -0.39 is 10.0 Å². The zero-order valence-corrected chi connectivity index (χ0v) is 17.7. The molecule has 2 aromatic rings. The Morgan fingerprint density at radius 3 is 2.41 bits per heavy atom. The number of hydrogen-bond acceptors (Lipinski definition) is 4. The highest BCUT2D eigenvalue weighted by molar-refractivity contribution is 7.89. The number of carbonyl (C=O) groups excluding carboxylic acids is 1. The molecule has 0 atom stereocenters. The van der Waals surface area contributed by atoms with E-state index in [1.807, 2.05) is 12.1 Å². The van der Waals surface area contributed by atoms with Gasteiger partial charge in [0.25, 0.3) is 0 Å². The molecule has 1 fully saturated rings. The molecule has 0 saturated carbocycles. The minimum absolute atomic E-state index is 0.00536. The minimum Gasteiger partial charge on any atom is -0.492 e. The summed E-state index contributed by atoms with van der Waals surface area (Å²) < 4.78 is 32.4. The fourth-order valence-electron chi connectivity index (χ4n) is 3.26. The maximum atomic E-state index is 12.6. The molecule has 29 heavy (non-hydrogen) atoms. The van der Waals surface area contributed by atoms with Crippen molar-refractivity contribution in [1.82, 2.24) is 9.62 Å². The summed E-state index contributed by atoms with van der Waals surface area (Å²) in [6, 6.07) is 15.7. The van der Waals surface area contributed by atoms with Gasteiger partial charge in [0.05, 0.1) is 16.5 Å². The molecule has 0 bridgehead atoms.